The molecule has 1 heterocycles. The van der Waals surface area contributed by atoms with Crippen molar-refractivity contribution in [1.29, 1.82) is 0 Å². The Morgan fingerprint density at radius 2 is 2.00 bits per heavy atom. The number of carboxylic acids is 1. The van der Waals surface area contributed by atoms with E-state index in [1.165, 1.54) is 18.2 Å². The fraction of sp³-hybridized carbons (Fsp3) is 0.182. The molecule has 0 spiro atoms. The summed E-state index contributed by atoms with van der Waals surface area (Å²) in [5.41, 5.74) is -2.36. The van der Waals surface area contributed by atoms with E-state index in [2.05, 4.69) is 10.3 Å². The molecule has 0 amide bonds. The van der Waals surface area contributed by atoms with E-state index in [4.69, 9.17) is 28.3 Å². The third kappa shape index (κ3) is 3.11. The number of nitrogens with zero attached hydrogens (tertiary/aromatic N) is 3. The third-order valence-corrected chi connectivity index (χ3v) is 3.42. The topological polar surface area (TPSA) is 68.0 Å². The number of aromatic nitrogens is 3. The Balaban J connectivity index is 2.50. The molecule has 0 fully saturated rings. The summed E-state index contributed by atoms with van der Waals surface area (Å²) in [5.74, 6) is -1.81. The van der Waals surface area contributed by atoms with Gasteiger partial charge in [0.2, 0.25) is 5.69 Å². The van der Waals surface area contributed by atoms with Crippen molar-refractivity contribution in [3.05, 3.63) is 45.2 Å². The highest BCUT2D eigenvalue weighted by Gasteiger charge is 2.41. The van der Waals surface area contributed by atoms with Crippen molar-refractivity contribution >= 4 is 29.2 Å². The van der Waals surface area contributed by atoms with Gasteiger partial charge in [-0.05, 0) is 11.6 Å². The SMILES string of the molecule is O=C(O)c1nnn(Cc2cccc(Cl)c2Cl)c1C(F)(F)F. The highest BCUT2D eigenvalue weighted by Crippen LogP contribution is 2.32. The molecule has 1 aromatic heterocycles. The van der Waals surface area contributed by atoms with Crippen molar-refractivity contribution < 1.29 is 23.1 Å². The van der Waals surface area contributed by atoms with E-state index in [1.54, 1.807) is 0 Å². The molecule has 0 bridgehead atoms. The number of carbonyl (C=O) groups is 1. The largest absolute Gasteiger partial charge is 0.476 e. The van der Waals surface area contributed by atoms with Gasteiger partial charge in [-0.2, -0.15) is 13.2 Å². The predicted molar refractivity (Wildman–Crippen MR) is 67.5 cm³/mol. The van der Waals surface area contributed by atoms with Gasteiger partial charge in [0.25, 0.3) is 0 Å². The van der Waals surface area contributed by atoms with Gasteiger partial charge < -0.3 is 5.11 Å². The van der Waals surface area contributed by atoms with Gasteiger partial charge in [0.1, 0.15) is 0 Å². The average molecular weight is 340 g/mol. The second kappa shape index (κ2) is 5.53. The molecule has 21 heavy (non-hydrogen) atoms. The number of alkyl halides is 3. The highest BCUT2D eigenvalue weighted by molar-refractivity contribution is 6.42. The molecule has 0 aliphatic carbocycles. The van der Waals surface area contributed by atoms with E-state index in [0.717, 1.165) is 0 Å². The van der Waals surface area contributed by atoms with Gasteiger partial charge in [0, 0.05) is 0 Å². The molecule has 0 radical (unpaired) electrons. The molecule has 112 valence electrons. The Kier molecular flexibility index (Phi) is 4.11. The zero-order valence-electron chi connectivity index (χ0n) is 10.0. The molecular weight excluding hydrogens is 334 g/mol. The Bertz CT molecular complexity index is 701. The predicted octanol–water partition coefficient (Wildman–Crippen LogP) is 3.35. The van der Waals surface area contributed by atoms with Crippen molar-refractivity contribution in [3.8, 4) is 0 Å². The van der Waals surface area contributed by atoms with Gasteiger partial charge in [0.15, 0.2) is 5.69 Å². The minimum atomic E-state index is -4.91. The molecule has 0 saturated carbocycles. The van der Waals surface area contributed by atoms with Gasteiger partial charge >= 0.3 is 12.1 Å². The maximum Gasteiger partial charge on any atom is 0.435 e. The fourth-order valence-electron chi connectivity index (χ4n) is 1.68. The Labute approximate surface area is 125 Å². The van der Waals surface area contributed by atoms with Gasteiger partial charge in [-0.15, -0.1) is 5.10 Å². The molecule has 1 N–H and O–H groups in total. The van der Waals surface area contributed by atoms with Crippen molar-refractivity contribution in [2.45, 2.75) is 12.7 Å². The summed E-state index contributed by atoms with van der Waals surface area (Å²) in [7, 11) is 0. The van der Waals surface area contributed by atoms with Crippen molar-refractivity contribution in [1.82, 2.24) is 15.0 Å². The first-order valence-corrected chi connectivity index (χ1v) is 6.14. The van der Waals surface area contributed by atoms with Crippen LogP contribution in [-0.4, -0.2) is 26.1 Å². The fourth-order valence-corrected chi connectivity index (χ4v) is 2.06. The van der Waals surface area contributed by atoms with E-state index in [-0.39, 0.29) is 15.6 Å². The minimum absolute atomic E-state index is 0.0691. The summed E-state index contributed by atoms with van der Waals surface area (Å²) in [4.78, 5) is 10.8. The van der Waals surface area contributed by atoms with Crippen LogP contribution in [0.15, 0.2) is 18.2 Å². The van der Waals surface area contributed by atoms with E-state index in [9.17, 15) is 18.0 Å². The summed E-state index contributed by atoms with van der Waals surface area (Å²) in [5, 5.41) is 15.3. The normalized spacial score (nSPS) is 11.7. The lowest BCUT2D eigenvalue weighted by Crippen LogP contribution is -2.19. The minimum Gasteiger partial charge on any atom is -0.476 e. The van der Waals surface area contributed by atoms with Crippen LogP contribution < -0.4 is 0 Å². The van der Waals surface area contributed by atoms with Crippen LogP contribution in [0, 0.1) is 0 Å². The maximum absolute atomic E-state index is 13.0. The smallest absolute Gasteiger partial charge is 0.435 e. The van der Waals surface area contributed by atoms with Crippen molar-refractivity contribution in [2.75, 3.05) is 0 Å². The van der Waals surface area contributed by atoms with Crippen LogP contribution in [0.3, 0.4) is 0 Å². The Hall–Kier alpha value is -1.80. The first kappa shape index (κ1) is 15.6. The van der Waals surface area contributed by atoms with Gasteiger partial charge in [-0.3, -0.25) is 0 Å². The second-order valence-electron chi connectivity index (χ2n) is 3.96. The Morgan fingerprint density at radius 3 is 2.57 bits per heavy atom. The van der Waals surface area contributed by atoms with Crippen LogP contribution in [0.25, 0.3) is 0 Å². The van der Waals surface area contributed by atoms with E-state index >= 15 is 0 Å². The van der Waals surface area contributed by atoms with E-state index in [1.807, 2.05) is 0 Å². The number of carboxylic acid groups (broad SMARTS) is 1. The Morgan fingerprint density at radius 1 is 1.33 bits per heavy atom. The number of hydrogen-bond acceptors (Lipinski definition) is 3. The lowest BCUT2D eigenvalue weighted by molar-refractivity contribution is -0.144. The van der Waals surface area contributed by atoms with Crippen LogP contribution in [0.4, 0.5) is 13.2 Å². The monoisotopic (exact) mass is 339 g/mol. The molecular formula is C11H6Cl2F3N3O2. The average Bonchev–Trinajstić information content (AvgIpc) is 2.79. The molecule has 10 heteroatoms. The van der Waals surface area contributed by atoms with E-state index in [0.29, 0.717) is 4.68 Å². The van der Waals surface area contributed by atoms with Crippen LogP contribution in [0.5, 0.6) is 0 Å². The first-order chi connectivity index (χ1) is 9.71. The quantitative estimate of drug-likeness (QED) is 0.930. The summed E-state index contributed by atoms with van der Waals surface area (Å²) < 4.78 is 39.3. The molecule has 0 unspecified atom stereocenters. The third-order valence-electron chi connectivity index (χ3n) is 2.56. The van der Waals surface area contributed by atoms with Crippen LogP contribution in [0.2, 0.25) is 10.0 Å². The number of aromatic carboxylic acids is 1. The number of halogens is 5. The van der Waals surface area contributed by atoms with E-state index < -0.39 is 30.1 Å². The highest BCUT2D eigenvalue weighted by atomic mass is 35.5. The summed E-state index contributed by atoms with van der Waals surface area (Å²) in [6.45, 7) is -0.408. The summed E-state index contributed by atoms with van der Waals surface area (Å²) in [6, 6.07) is 4.43. The van der Waals surface area contributed by atoms with Gasteiger partial charge in [-0.1, -0.05) is 40.5 Å². The lowest BCUT2D eigenvalue weighted by Gasteiger charge is -2.11. The van der Waals surface area contributed by atoms with Crippen molar-refractivity contribution in [3.63, 3.8) is 0 Å². The molecule has 0 saturated heterocycles. The number of rotatable bonds is 3. The summed E-state index contributed by atoms with van der Waals surface area (Å²) in [6.07, 6.45) is -4.91. The number of benzene rings is 1. The molecule has 2 aromatic rings. The van der Waals surface area contributed by atoms with Gasteiger partial charge in [0.05, 0.1) is 16.6 Å². The van der Waals surface area contributed by atoms with Crippen LogP contribution >= 0.6 is 23.2 Å². The first-order valence-electron chi connectivity index (χ1n) is 5.38. The lowest BCUT2D eigenvalue weighted by atomic mass is 10.2. The van der Waals surface area contributed by atoms with Crippen LogP contribution in [0.1, 0.15) is 21.7 Å². The molecule has 1 aromatic carbocycles. The standard InChI is InChI=1S/C11H6Cl2F3N3O2/c12-6-3-1-2-5(7(6)13)4-19-9(11(14,15)16)8(10(20)21)17-18-19/h1-3H,4H2,(H,20,21). The molecule has 0 aliphatic rings. The molecule has 2 rings (SSSR count). The van der Waals surface area contributed by atoms with Gasteiger partial charge in [-0.25, -0.2) is 9.48 Å². The van der Waals surface area contributed by atoms with Crippen LogP contribution in [-0.2, 0) is 12.7 Å². The number of hydrogen-bond donors (Lipinski definition) is 1. The zero-order chi connectivity index (χ0) is 15.8. The van der Waals surface area contributed by atoms with Crippen molar-refractivity contribution in [2.24, 2.45) is 0 Å². The molecule has 0 atom stereocenters. The second-order valence-corrected chi connectivity index (χ2v) is 4.75. The molecule has 0 aliphatic heterocycles. The zero-order valence-corrected chi connectivity index (χ0v) is 11.5. The molecule has 5 nitrogen and oxygen atoms in total. The maximum atomic E-state index is 13.0. The summed E-state index contributed by atoms with van der Waals surface area (Å²) >= 11 is 11.7.